The lowest BCUT2D eigenvalue weighted by atomic mass is 9.99. The quantitative estimate of drug-likeness (QED) is 0.0995. The lowest BCUT2D eigenvalue weighted by Gasteiger charge is -2.39. The van der Waals surface area contributed by atoms with E-state index in [0.717, 1.165) is 36.4 Å². The van der Waals surface area contributed by atoms with Crippen LogP contribution in [0.3, 0.4) is 0 Å². The van der Waals surface area contributed by atoms with Crippen molar-refractivity contribution < 1.29 is 79.6 Å². The summed E-state index contributed by atoms with van der Waals surface area (Å²) in [4.78, 5) is 26.0. The number of benzene rings is 3. The van der Waals surface area contributed by atoms with Gasteiger partial charge in [-0.15, -0.1) is 0 Å². The van der Waals surface area contributed by atoms with Crippen molar-refractivity contribution in [1.82, 2.24) is 0 Å². The van der Waals surface area contributed by atoms with E-state index in [1.165, 1.54) is 0 Å². The molecule has 17 nitrogen and oxygen atoms in total. The third-order valence-electron chi connectivity index (χ3n) is 6.84. The summed E-state index contributed by atoms with van der Waals surface area (Å²) in [6.45, 7) is -0.828. The number of hydrogen-bond acceptors (Lipinski definition) is 17. The second kappa shape index (κ2) is 11.5. The zero-order valence-electron chi connectivity index (χ0n) is 22.4. The zero-order chi connectivity index (χ0) is 32.9. The number of rotatable bonds is 6. The molecule has 1 aliphatic rings. The third-order valence-corrected chi connectivity index (χ3v) is 6.84. The van der Waals surface area contributed by atoms with Gasteiger partial charge in [-0.2, -0.15) is 0 Å². The highest BCUT2D eigenvalue weighted by molar-refractivity contribution is 5.91. The first-order valence-electron chi connectivity index (χ1n) is 12.7. The monoisotopic (exact) mass is 632 g/mol. The average molecular weight is 632 g/mol. The largest absolute Gasteiger partial charge is 0.508 e. The molecular formula is C28H24O17. The number of ether oxygens (including phenoxy) is 3. The summed E-state index contributed by atoms with van der Waals surface area (Å²) in [5.74, 6) is -9.11. The van der Waals surface area contributed by atoms with Gasteiger partial charge >= 0.3 is 5.97 Å². The van der Waals surface area contributed by atoms with E-state index in [9.17, 15) is 65.8 Å². The Morgan fingerprint density at radius 1 is 0.733 bits per heavy atom. The number of fused-ring (bicyclic) bond motifs is 1. The smallest absolute Gasteiger partial charge is 0.338 e. The molecule has 0 unspecified atom stereocenters. The maximum Gasteiger partial charge on any atom is 0.338 e. The van der Waals surface area contributed by atoms with Crippen LogP contribution in [0.15, 0.2) is 45.6 Å². The van der Waals surface area contributed by atoms with Crippen LogP contribution < -0.4 is 10.2 Å². The summed E-state index contributed by atoms with van der Waals surface area (Å²) in [6.07, 6.45) is -9.67. The molecule has 0 amide bonds. The zero-order valence-corrected chi connectivity index (χ0v) is 22.4. The third kappa shape index (κ3) is 5.58. The van der Waals surface area contributed by atoms with Crippen molar-refractivity contribution in [2.24, 2.45) is 0 Å². The summed E-state index contributed by atoms with van der Waals surface area (Å²) < 4.78 is 21.8. The van der Waals surface area contributed by atoms with Gasteiger partial charge in [0.25, 0.3) is 0 Å². The maximum atomic E-state index is 13.6. The van der Waals surface area contributed by atoms with E-state index < -0.39 is 123 Å². The van der Waals surface area contributed by atoms with Gasteiger partial charge in [0.15, 0.2) is 40.3 Å². The van der Waals surface area contributed by atoms with Crippen LogP contribution in [0.4, 0.5) is 0 Å². The van der Waals surface area contributed by atoms with Crippen LogP contribution in [0, 0.1) is 0 Å². The highest BCUT2D eigenvalue weighted by Gasteiger charge is 2.46. The number of aromatic hydroxyl groups is 8. The SMILES string of the molecule is O=C(OC[C@H]1O[C@@H](Oc2c(-c3cc(O)c(O)c(O)c3)oc3cc(O)cc(O)c3c2=O)[C@H](O)[C@H](O)[C@@H]1O)c1cc(O)c(O)c(O)c1. The van der Waals surface area contributed by atoms with Crippen LogP contribution in [0.25, 0.3) is 22.3 Å². The van der Waals surface area contributed by atoms with Gasteiger partial charge in [-0.1, -0.05) is 0 Å². The van der Waals surface area contributed by atoms with E-state index in [2.05, 4.69) is 0 Å². The Morgan fingerprint density at radius 2 is 1.31 bits per heavy atom. The van der Waals surface area contributed by atoms with Crippen LogP contribution in [0.5, 0.6) is 51.7 Å². The first kappa shape index (κ1) is 30.8. The Bertz CT molecular complexity index is 1820. The Kier molecular flexibility index (Phi) is 7.86. The molecule has 0 radical (unpaired) electrons. The summed E-state index contributed by atoms with van der Waals surface area (Å²) in [7, 11) is 0. The Balaban J connectivity index is 1.50. The second-order valence-corrected chi connectivity index (χ2v) is 9.88. The molecule has 5 rings (SSSR count). The molecule has 4 aromatic rings. The molecule has 5 atom stereocenters. The van der Waals surface area contributed by atoms with Gasteiger partial charge in [0, 0.05) is 17.7 Å². The van der Waals surface area contributed by atoms with Gasteiger partial charge in [-0.3, -0.25) is 4.79 Å². The standard InChI is InChI=1S/C28H24O17/c29-10-5-11(30)18-16(6-10)43-25(8-1-12(31)19(35)13(32)2-8)26(22(18)38)45-28-24(40)23(39)21(37)17(44-28)7-42-27(41)9-3-14(33)20(36)15(34)4-9/h1-6,17,21,23-24,28-37,39-40H,7H2/t17-,21-,23-,24-,28+/m1/s1. The minimum absolute atomic E-state index is 0.295. The number of aliphatic hydroxyl groups is 3. The molecule has 2 heterocycles. The lowest BCUT2D eigenvalue weighted by Crippen LogP contribution is -2.60. The van der Waals surface area contributed by atoms with E-state index in [1.54, 1.807) is 0 Å². The molecular weight excluding hydrogens is 608 g/mol. The predicted molar refractivity (Wildman–Crippen MR) is 145 cm³/mol. The highest BCUT2D eigenvalue weighted by Crippen LogP contribution is 2.43. The molecule has 45 heavy (non-hydrogen) atoms. The predicted octanol–water partition coefficient (Wildman–Crippen LogP) is 0.148. The molecule has 0 spiro atoms. The van der Waals surface area contributed by atoms with E-state index in [4.69, 9.17) is 18.6 Å². The molecule has 3 aromatic carbocycles. The molecule has 1 fully saturated rings. The van der Waals surface area contributed by atoms with Crippen molar-refractivity contribution in [3.8, 4) is 63.1 Å². The van der Waals surface area contributed by atoms with Crippen molar-refractivity contribution in [1.29, 1.82) is 0 Å². The number of phenols is 8. The number of carbonyl (C=O) groups is 1. The van der Waals surface area contributed by atoms with Gasteiger partial charge in [0.2, 0.25) is 17.5 Å². The molecule has 0 aliphatic carbocycles. The minimum atomic E-state index is -2.07. The Hall–Kier alpha value is -5.62. The second-order valence-electron chi connectivity index (χ2n) is 9.88. The summed E-state index contributed by atoms with van der Waals surface area (Å²) in [5.41, 5.74) is -2.26. The molecule has 1 saturated heterocycles. The molecule has 17 heteroatoms. The normalized spacial score (nSPS) is 21.4. The van der Waals surface area contributed by atoms with Gasteiger partial charge in [0.1, 0.15) is 53.5 Å². The summed E-state index contributed by atoms with van der Waals surface area (Å²) in [5, 5.41) is 110. The van der Waals surface area contributed by atoms with Crippen molar-refractivity contribution >= 4 is 16.9 Å². The first-order valence-corrected chi connectivity index (χ1v) is 12.7. The summed E-state index contributed by atoms with van der Waals surface area (Å²) in [6, 6.07) is 5.02. The minimum Gasteiger partial charge on any atom is -0.508 e. The van der Waals surface area contributed by atoms with Crippen molar-refractivity contribution in [3.05, 3.63) is 52.2 Å². The van der Waals surface area contributed by atoms with Gasteiger partial charge < -0.3 is 74.8 Å². The van der Waals surface area contributed by atoms with Crippen molar-refractivity contribution in [2.75, 3.05) is 6.61 Å². The van der Waals surface area contributed by atoms with Gasteiger partial charge in [0.05, 0.1) is 5.56 Å². The number of phenolic OH excluding ortho intramolecular Hbond substituents is 8. The molecule has 0 bridgehead atoms. The average Bonchev–Trinajstić information content (AvgIpc) is 2.98. The Morgan fingerprint density at radius 3 is 1.91 bits per heavy atom. The fourth-order valence-corrected chi connectivity index (χ4v) is 4.53. The maximum absolute atomic E-state index is 13.6. The van der Waals surface area contributed by atoms with Crippen LogP contribution in [0.1, 0.15) is 10.4 Å². The van der Waals surface area contributed by atoms with Crippen LogP contribution in [0.2, 0.25) is 0 Å². The van der Waals surface area contributed by atoms with Crippen molar-refractivity contribution in [2.45, 2.75) is 30.7 Å². The fourth-order valence-electron chi connectivity index (χ4n) is 4.53. The lowest BCUT2D eigenvalue weighted by molar-refractivity contribution is -0.277. The molecule has 0 saturated carbocycles. The van der Waals surface area contributed by atoms with Gasteiger partial charge in [-0.25, -0.2) is 4.79 Å². The first-order chi connectivity index (χ1) is 21.2. The van der Waals surface area contributed by atoms with Crippen LogP contribution >= 0.6 is 0 Å². The molecule has 1 aromatic heterocycles. The Labute approximate surface area is 249 Å². The highest BCUT2D eigenvalue weighted by atomic mass is 16.7. The fraction of sp³-hybridized carbons (Fsp3) is 0.214. The van der Waals surface area contributed by atoms with E-state index in [-0.39, 0.29) is 5.56 Å². The van der Waals surface area contributed by atoms with Crippen molar-refractivity contribution in [3.63, 3.8) is 0 Å². The van der Waals surface area contributed by atoms with Crippen LogP contribution in [-0.2, 0) is 9.47 Å². The molecule has 238 valence electrons. The number of carbonyl (C=O) groups excluding carboxylic acids is 1. The topological polar surface area (TPSA) is 298 Å². The number of esters is 1. The van der Waals surface area contributed by atoms with E-state index >= 15 is 0 Å². The molecule has 11 N–H and O–H groups in total. The van der Waals surface area contributed by atoms with E-state index in [0.29, 0.717) is 0 Å². The number of hydrogen-bond donors (Lipinski definition) is 11. The van der Waals surface area contributed by atoms with Crippen LogP contribution in [-0.4, -0.2) is 99.5 Å². The van der Waals surface area contributed by atoms with E-state index in [1.807, 2.05) is 0 Å². The number of aliphatic hydroxyl groups excluding tert-OH is 3. The summed E-state index contributed by atoms with van der Waals surface area (Å²) >= 11 is 0. The molecule has 1 aliphatic heterocycles. The van der Waals surface area contributed by atoms with Gasteiger partial charge in [-0.05, 0) is 24.3 Å².